The highest BCUT2D eigenvalue weighted by atomic mass is 16.5. The van der Waals surface area contributed by atoms with Gasteiger partial charge in [0.1, 0.15) is 0 Å². The van der Waals surface area contributed by atoms with Gasteiger partial charge in [-0.25, -0.2) is 0 Å². The number of hydrogen-bond donors (Lipinski definition) is 1. The van der Waals surface area contributed by atoms with Crippen LogP contribution >= 0.6 is 0 Å². The van der Waals surface area contributed by atoms with E-state index in [0.717, 1.165) is 6.54 Å². The minimum absolute atomic E-state index is 0.653. The summed E-state index contributed by atoms with van der Waals surface area (Å²) in [5.41, 5.74) is 1.25. The van der Waals surface area contributed by atoms with Gasteiger partial charge in [0, 0.05) is 18.9 Å². The van der Waals surface area contributed by atoms with Crippen LogP contribution in [0.15, 0.2) is 29.4 Å². The summed E-state index contributed by atoms with van der Waals surface area (Å²) in [6, 6.07) is 2.07. The largest absolute Gasteiger partial charge is 0.346 e. The molecule has 5 heteroatoms. The lowest BCUT2D eigenvalue weighted by atomic mass is 10.3. The Morgan fingerprint density at radius 1 is 1.57 bits per heavy atom. The van der Waals surface area contributed by atoms with Gasteiger partial charge in [0.05, 0.1) is 6.54 Å². The number of rotatable bonds is 4. The van der Waals surface area contributed by atoms with Crippen LogP contribution in [0, 0.1) is 0 Å². The summed E-state index contributed by atoms with van der Waals surface area (Å²) >= 11 is 0. The van der Waals surface area contributed by atoms with Gasteiger partial charge in [-0.3, -0.25) is 0 Å². The number of hydrogen-bond acceptors (Lipinski definition) is 4. The van der Waals surface area contributed by atoms with Gasteiger partial charge in [-0.15, -0.1) is 0 Å². The highest BCUT2D eigenvalue weighted by molar-refractivity contribution is 5.10. The van der Waals surface area contributed by atoms with Crippen molar-refractivity contribution in [3.8, 4) is 0 Å². The monoisotopic (exact) mass is 192 g/mol. The van der Waals surface area contributed by atoms with Crippen LogP contribution < -0.4 is 5.32 Å². The fraction of sp³-hybridized carbons (Fsp3) is 0.333. The van der Waals surface area contributed by atoms with Crippen LogP contribution in [0.25, 0.3) is 0 Å². The molecular weight excluding hydrogens is 180 g/mol. The molecule has 0 atom stereocenters. The molecule has 2 aromatic heterocycles. The van der Waals surface area contributed by atoms with Gasteiger partial charge in [0.15, 0.2) is 5.82 Å². The topological polar surface area (TPSA) is 55.9 Å². The zero-order chi connectivity index (χ0) is 9.80. The van der Waals surface area contributed by atoms with E-state index < -0.39 is 0 Å². The molecule has 2 heterocycles. The average molecular weight is 192 g/mol. The first-order chi connectivity index (χ1) is 6.88. The predicted octanol–water partition coefficient (Wildman–Crippen LogP) is 0.639. The molecule has 0 fully saturated rings. The molecule has 5 nitrogen and oxygen atoms in total. The summed E-state index contributed by atoms with van der Waals surface area (Å²) in [6.45, 7) is 1.53. The van der Waals surface area contributed by atoms with Crippen LogP contribution in [-0.4, -0.2) is 21.8 Å². The fourth-order valence-corrected chi connectivity index (χ4v) is 1.32. The maximum atomic E-state index is 4.65. The SMILES string of the molecule is CNCc1ccn(Cc2ncon2)c1. The molecule has 0 saturated heterocycles. The van der Waals surface area contributed by atoms with Crippen LogP contribution in [0.5, 0.6) is 0 Å². The van der Waals surface area contributed by atoms with Crippen LogP contribution in [-0.2, 0) is 13.1 Å². The van der Waals surface area contributed by atoms with Crippen LogP contribution in [0.4, 0.5) is 0 Å². The Hall–Kier alpha value is -1.62. The predicted molar refractivity (Wildman–Crippen MR) is 50.6 cm³/mol. The second kappa shape index (κ2) is 4.06. The van der Waals surface area contributed by atoms with Crippen molar-refractivity contribution < 1.29 is 4.52 Å². The Bertz CT molecular complexity index is 379. The van der Waals surface area contributed by atoms with Crippen LogP contribution in [0.2, 0.25) is 0 Å². The van der Waals surface area contributed by atoms with E-state index >= 15 is 0 Å². The quantitative estimate of drug-likeness (QED) is 0.772. The maximum absolute atomic E-state index is 4.65. The molecule has 0 aliphatic rings. The summed E-state index contributed by atoms with van der Waals surface area (Å²) in [7, 11) is 1.93. The van der Waals surface area contributed by atoms with E-state index in [1.807, 2.05) is 17.8 Å². The first-order valence-electron chi connectivity index (χ1n) is 4.43. The van der Waals surface area contributed by atoms with E-state index in [4.69, 9.17) is 0 Å². The van der Waals surface area contributed by atoms with Gasteiger partial charge >= 0.3 is 0 Å². The standard InChI is InChI=1S/C9H12N4O/c1-10-4-8-2-3-13(5-8)6-9-11-7-14-12-9/h2-3,5,7,10H,4,6H2,1H3. The van der Waals surface area contributed by atoms with E-state index in [1.165, 1.54) is 12.0 Å². The number of nitrogens with zero attached hydrogens (tertiary/aromatic N) is 3. The Morgan fingerprint density at radius 2 is 2.50 bits per heavy atom. The third-order valence-corrected chi connectivity index (χ3v) is 1.92. The molecule has 2 aromatic rings. The molecule has 14 heavy (non-hydrogen) atoms. The van der Waals surface area contributed by atoms with Gasteiger partial charge in [-0.1, -0.05) is 5.16 Å². The normalized spacial score (nSPS) is 10.6. The molecule has 0 aromatic carbocycles. The molecule has 74 valence electrons. The Morgan fingerprint density at radius 3 is 3.21 bits per heavy atom. The smallest absolute Gasteiger partial charge is 0.213 e. The van der Waals surface area contributed by atoms with Gasteiger partial charge in [0.2, 0.25) is 6.39 Å². The molecule has 0 aliphatic carbocycles. The van der Waals surface area contributed by atoms with Crippen molar-refractivity contribution in [2.75, 3.05) is 7.05 Å². The summed E-state index contributed by atoms with van der Waals surface area (Å²) in [6.07, 6.45) is 5.41. The summed E-state index contributed by atoms with van der Waals surface area (Å²) in [5, 5.41) is 6.84. The Labute approximate surface area is 81.7 Å². The third kappa shape index (κ3) is 2.00. The zero-order valence-electron chi connectivity index (χ0n) is 7.97. The minimum Gasteiger partial charge on any atom is -0.346 e. The zero-order valence-corrected chi connectivity index (χ0v) is 7.97. The van der Waals surface area contributed by atoms with Crippen molar-refractivity contribution in [1.82, 2.24) is 20.0 Å². The number of aromatic nitrogens is 3. The minimum atomic E-state index is 0.653. The summed E-state index contributed by atoms with van der Waals surface area (Å²) in [4.78, 5) is 3.95. The lowest BCUT2D eigenvalue weighted by molar-refractivity contribution is 0.408. The number of nitrogens with one attached hydrogen (secondary N) is 1. The molecule has 0 saturated carbocycles. The molecule has 0 spiro atoms. The van der Waals surface area contributed by atoms with Crippen molar-refractivity contribution in [3.63, 3.8) is 0 Å². The maximum Gasteiger partial charge on any atom is 0.213 e. The van der Waals surface area contributed by atoms with Crippen LogP contribution in [0.3, 0.4) is 0 Å². The second-order valence-electron chi connectivity index (χ2n) is 3.07. The average Bonchev–Trinajstić information content (AvgIpc) is 2.79. The molecular formula is C9H12N4O. The van der Waals surface area contributed by atoms with Gasteiger partial charge in [0.25, 0.3) is 0 Å². The third-order valence-electron chi connectivity index (χ3n) is 1.92. The second-order valence-corrected chi connectivity index (χ2v) is 3.07. The van der Waals surface area contributed by atoms with Crippen molar-refractivity contribution in [2.24, 2.45) is 0 Å². The van der Waals surface area contributed by atoms with Gasteiger partial charge < -0.3 is 14.4 Å². The molecule has 1 N–H and O–H groups in total. The van der Waals surface area contributed by atoms with Gasteiger partial charge in [-0.05, 0) is 18.7 Å². The van der Waals surface area contributed by atoms with Crippen molar-refractivity contribution in [1.29, 1.82) is 0 Å². The Kier molecular flexibility index (Phi) is 2.60. The Balaban J connectivity index is 2.03. The molecule has 0 amide bonds. The first kappa shape index (κ1) is 8.96. The van der Waals surface area contributed by atoms with E-state index in [1.54, 1.807) is 0 Å². The lowest BCUT2D eigenvalue weighted by Gasteiger charge is -1.96. The molecule has 0 bridgehead atoms. The van der Waals surface area contributed by atoms with Crippen molar-refractivity contribution >= 4 is 0 Å². The van der Waals surface area contributed by atoms with Crippen LogP contribution in [0.1, 0.15) is 11.4 Å². The molecule has 0 radical (unpaired) electrons. The molecule has 0 unspecified atom stereocenters. The van der Waals surface area contributed by atoms with E-state index in [-0.39, 0.29) is 0 Å². The fourth-order valence-electron chi connectivity index (χ4n) is 1.32. The van der Waals surface area contributed by atoms with Crippen molar-refractivity contribution in [3.05, 3.63) is 36.2 Å². The highest BCUT2D eigenvalue weighted by Gasteiger charge is 2.00. The summed E-state index contributed by atoms with van der Waals surface area (Å²) in [5.74, 6) is 0.691. The van der Waals surface area contributed by atoms with E-state index in [2.05, 4.69) is 32.2 Å². The summed E-state index contributed by atoms with van der Waals surface area (Å²) < 4.78 is 6.68. The lowest BCUT2D eigenvalue weighted by Crippen LogP contribution is -2.04. The van der Waals surface area contributed by atoms with Crippen molar-refractivity contribution in [2.45, 2.75) is 13.1 Å². The first-order valence-corrected chi connectivity index (χ1v) is 4.43. The van der Waals surface area contributed by atoms with Gasteiger partial charge in [-0.2, -0.15) is 4.98 Å². The van der Waals surface area contributed by atoms with E-state index in [0.29, 0.717) is 12.4 Å². The van der Waals surface area contributed by atoms with E-state index in [9.17, 15) is 0 Å². The molecule has 0 aliphatic heterocycles. The molecule has 2 rings (SSSR count). The highest BCUT2D eigenvalue weighted by Crippen LogP contribution is 2.02.